The van der Waals surface area contributed by atoms with Gasteiger partial charge in [0.2, 0.25) is 0 Å². The number of hydrogen-bond acceptors (Lipinski definition) is 4. The van der Waals surface area contributed by atoms with E-state index >= 15 is 0 Å². The lowest BCUT2D eigenvalue weighted by atomic mass is 10.2. The molecule has 0 saturated carbocycles. The van der Waals surface area contributed by atoms with Crippen molar-refractivity contribution in [2.24, 2.45) is 0 Å². The number of nitrogens with one attached hydrogen (secondary N) is 2. The van der Waals surface area contributed by atoms with Gasteiger partial charge in [0.05, 0.1) is 6.10 Å². The van der Waals surface area contributed by atoms with Gasteiger partial charge in [0.1, 0.15) is 6.04 Å². The summed E-state index contributed by atoms with van der Waals surface area (Å²) in [5.41, 5.74) is 4.00. The third-order valence-corrected chi connectivity index (χ3v) is 4.05. The van der Waals surface area contributed by atoms with Gasteiger partial charge in [-0.05, 0) is 17.7 Å². The molecule has 2 aromatic carbocycles. The Morgan fingerprint density at radius 3 is 2.23 bits per heavy atom. The van der Waals surface area contributed by atoms with Crippen LogP contribution in [0.3, 0.4) is 0 Å². The van der Waals surface area contributed by atoms with Crippen molar-refractivity contribution in [3.05, 3.63) is 71.8 Å². The van der Waals surface area contributed by atoms with Gasteiger partial charge in [0.25, 0.3) is 5.91 Å². The van der Waals surface area contributed by atoms with Gasteiger partial charge in [0.15, 0.2) is 0 Å². The number of hydrogen-bond donors (Lipinski definition) is 3. The minimum atomic E-state index is -0.907. The molecule has 0 spiro atoms. The van der Waals surface area contributed by atoms with Gasteiger partial charge in [-0.1, -0.05) is 48.5 Å². The molecular formula is C19H21ClN2O4. The van der Waals surface area contributed by atoms with E-state index in [1.54, 1.807) is 24.3 Å². The van der Waals surface area contributed by atoms with E-state index in [2.05, 4.69) is 10.8 Å². The number of carbonyl (C=O) groups is 2. The molecule has 0 aliphatic carbocycles. The molecule has 1 heterocycles. The van der Waals surface area contributed by atoms with Gasteiger partial charge in [-0.15, -0.1) is 11.6 Å². The van der Waals surface area contributed by atoms with Crippen LogP contribution < -0.4 is 10.8 Å². The fourth-order valence-corrected chi connectivity index (χ4v) is 2.51. The van der Waals surface area contributed by atoms with Crippen LogP contribution >= 0.6 is 11.6 Å². The first-order valence-corrected chi connectivity index (χ1v) is 8.70. The predicted molar refractivity (Wildman–Crippen MR) is 98.8 cm³/mol. The third-order valence-electron chi connectivity index (χ3n) is 3.74. The smallest absolute Gasteiger partial charge is 0.320 e. The maximum absolute atomic E-state index is 11.6. The molecule has 3 N–H and O–H groups in total. The van der Waals surface area contributed by atoms with Crippen LogP contribution in [0.5, 0.6) is 0 Å². The zero-order valence-corrected chi connectivity index (χ0v) is 14.9. The molecule has 138 valence electrons. The van der Waals surface area contributed by atoms with E-state index < -0.39 is 12.0 Å². The number of halogens is 1. The molecule has 7 heteroatoms. The van der Waals surface area contributed by atoms with Crippen LogP contribution in [0.4, 0.5) is 0 Å². The van der Waals surface area contributed by atoms with Crippen molar-refractivity contribution in [1.82, 2.24) is 10.8 Å². The molecular weight excluding hydrogens is 356 g/mol. The Bertz CT molecular complexity index is 697. The lowest BCUT2D eigenvalue weighted by Gasteiger charge is -2.10. The maximum Gasteiger partial charge on any atom is 0.320 e. The van der Waals surface area contributed by atoms with Crippen LogP contribution in [0.15, 0.2) is 60.7 Å². The Labute approximate surface area is 157 Å². The van der Waals surface area contributed by atoms with Crippen molar-refractivity contribution in [2.45, 2.75) is 24.4 Å². The Morgan fingerprint density at radius 1 is 1.12 bits per heavy atom. The van der Waals surface area contributed by atoms with Crippen molar-refractivity contribution >= 4 is 23.5 Å². The fourth-order valence-electron chi connectivity index (χ4n) is 2.33. The van der Waals surface area contributed by atoms with E-state index in [-0.39, 0.29) is 12.0 Å². The molecule has 1 amide bonds. The van der Waals surface area contributed by atoms with Gasteiger partial charge in [-0.2, -0.15) is 0 Å². The minimum absolute atomic E-state index is 0.321. The fraction of sp³-hybridized carbons (Fsp3) is 0.263. The molecule has 26 heavy (non-hydrogen) atoms. The average molecular weight is 377 g/mol. The summed E-state index contributed by atoms with van der Waals surface area (Å²) in [6.45, 7) is 0.409. The molecule has 2 aromatic rings. The molecule has 0 bridgehead atoms. The minimum Gasteiger partial charge on any atom is -0.480 e. The highest BCUT2D eigenvalue weighted by Gasteiger charge is 2.30. The molecule has 1 aliphatic heterocycles. The van der Waals surface area contributed by atoms with Gasteiger partial charge < -0.3 is 10.4 Å². The third kappa shape index (κ3) is 6.48. The molecule has 0 aromatic heterocycles. The number of alkyl halides is 1. The van der Waals surface area contributed by atoms with Crippen molar-refractivity contribution in [2.75, 3.05) is 6.54 Å². The quantitative estimate of drug-likeness (QED) is 0.551. The molecule has 1 fully saturated rings. The van der Waals surface area contributed by atoms with Crippen LogP contribution in [0.25, 0.3) is 0 Å². The summed E-state index contributed by atoms with van der Waals surface area (Å²) in [7, 11) is 0. The zero-order valence-electron chi connectivity index (χ0n) is 14.1. The normalized spacial score (nSPS) is 18.5. The van der Waals surface area contributed by atoms with Crippen molar-refractivity contribution in [3.8, 4) is 0 Å². The summed E-state index contributed by atoms with van der Waals surface area (Å²) in [6.07, 6.45) is 0.0171. The second kappa shape index (κ2) is 10.6. The number of amides is 1. The first-order chi connectivity index (χ1) is 12.6. The number of benzene rings is 2. The summed E-state index contributed by atoms with van der Waals surface area (Å²) in [5.74, 6) is -0.634. The van der Waals surface area contributed by atoms with Crippen LogP contribution in [0, 0.1) is 0 Å². The maximum atomic E-state index is 11.6. The molecule has 1 saturated heterocycles. The first kappa shape index (κ1) is 19.9. The monoisotopic (exact) mass is 376 g/mol. The summed E-state index contributed by atoms with van der Waals surface area (Å²) in [6, 6.07) is 18.0. The topological polar surface area (TPSA) is 87.7 Å². The van der Waals surface area contributed by atoms with Gasteiger partial charge in [0, 0.05) is 24.4 Å². The van der Waals surface area contributed by atoms with E-state index in [4.69, 9.17) is 21.5 Å². The number of aliphatic carboxylic acids is 1. The van der Waals surface area contributed by atoms with Crippen molar-refractivity contribution in [1.29, 1.82) is 0 Å². The van der Waals surface area contributed by atoms with E-state index in [0.717, 1.165) is 0 Å². The number of rotatable bonds is 5. The molecule has 3 rings (SSSR count). The predicted octanol–water partition coefficient (Wildman–Crippen LogP) is 2.59. The average Bonchev–Trinajstić information content (AvgIpc) is 3.17. The van der Waals surface area contributed by atoms with E-state index in [1.165, 1.54) is 5.56 Å². The highest BCUT2D eigenvalue weighted by atomic mass is 35.5. The van der Waals surface area contributed by atoms with Crippen LogP contribution in [0.2, 0.25) is 0 Å². The number of carboxylic acid groups (broad SMARTS) is 1. The van der Waals surface area contributed by atoms with Gasteiger partial charge >= 0.3 is 5.97 Å². The number of hydroxylamine groups is 1. The molecule has 1 aliphatic rings. The lowest BCUT2D eigenvalue weighted by Crippen LogP contribution is -2.30. The first-order valence-electron chi connectivity index (χ1n) is 8.17. The van der Waals surface area contributed by atoms with Crippen molar-refractivity contribution < 1.29 is 19.5 Å². The van der Waals surface area contributed by atoms with E-state index in [9.17, 15) is 9.59 Å². The largest absolute Gasteiger partial charge is 0.480 e. The zero-order chi connectivity index (χ0) is 18.8. The Kier molecular flexibility index (Phi) is 8.08. The summed E-state index contributed by atoms with van der Waals surface area (Å²) in [5, 5.41) is 11.6. The van der Waals surface area contributed by atoms with E-state index in [1.807, 2.05) is 36.4 Å². The second-order valence-electron chi connectivity index (χ2n) is 5.69. The van der Waals surface area contributed by atoms with E-state index in [0.29, 0.717) is 24.4 Å². The number of carboxylic acids is 1. The van der Waals surface area contributed by atoms with Crippen LogP contribution in [-0.2, 0) is 15.5 Å². The van der Waals surface area contributed by atoms with Crippen molar-refractivity contribution in [3.63, 3.8) is 0 Å². The Balaban J connectivity index is 0.000000254. The summed E-state index contributed by atoms with van der Waals surface area (Å²) < 4.78 is 0. The molecule has 6 nitrogen and oxygen atoms in total. The SMILES string of the molecule is ClCc1ccccc1.O=C(NO[C@@H]1CN[C@@H](C(=O)O)C1)c1ccccc1. The Hall–Kier alpha value is -2.41. The summed E-state index contributed by atoms with van der Waals surface area (Å²) in [4.78, 5) is 27.5. The van der Waals surface area contributed by atoms with Crippen LogP contribution in [-0.4, -0.2) is 35.7 Å². The highest BCUT2D eigenvalue weighted by molar-refractivity contribution is 6.17. The van der Waals surface area contributed by atoms with Gasteiger partial charge in [-0.25, -0.2) is 5.48 Å². The Morgan fingerprint density at radius 2 is 1.73 bits per heavy atom. The molecule has 0 radical (unpaired) electrons. The highest BCUT2D eigenvalue weighted by Crippen LogP contribution is 2.09. The molecule has 0 unspecified atom stereocenters. The summed E-state index contributed by atoms with van der Waals surface area (Å²) >= 11 is 5.53. The number of carbonyl (C=O) groups excluding carboxylic acids is 1. The molecule has 2 atom stereocenters. The van der Waals surface area contributed by atoms with Crippen LogP contribution in [0.1, 0.15) is 22.3 Å². The second-order valence-corrected chi connectivity index (χ2v) is 5.96. The standard InChI is InChI=1S/C12H14N2O4.C7H7Cl/c15-11(8-4-2-1-3-5-8)14-18-9-6-10(12(16)17)13-7-9;8-6-7-4-2-1-3-5-7/h1-5,9-10,13H,6-7H2,(H,14,15)(H,16,17);1-5H,6H2/t9-,10+;/m0./s1. The van der Waals surface area contributed by atoms with Gasteiger partial charge in [-0.3, -0.25) is 14.4 Å². The lowest BCUT2D eigenvalue weighted by molar-refractivity contribution is -0.139.